The van der Waals surface area contributed by atoms with Crippen LogP contribution in [0.25, 0.3) is 0 Å². The molecule has 0 bridgehead atoms. The molecule has 1 aliphatic heterocycles. The molecule has 0 spiro atoms. The van der Waals surface area contributed by atoms with Crippen molar-refractivity contribution in [2.75, 3.05) is 19.0 Å². The van der Waals surface area contributed by atoms with Crippen molar-refractivity contribution in [2.24, 2.45) is 5.73 Å². The van der Waals surface area contributed by atoms with Crippen molar-refractivity contribution in [2.45, 2.75) is 32.0 Å². The summed E-state index contributed by atoms with van der Waals surface area (Å²) in [4.78, 5) is 12.2. The molecule has 2 rings (SSSR count). The van der Waals surface area contributed by atoms with Crippen molar-refractivity contribution >= 4 is 27.5 Å². The van der Waals surface area contributed by atoms with E-state index in [1.807, 2.05) is 19.1 Å². The van der Waals surface area contributed by atoms with Gasteiger partial charge in [0.1, 0.15) is 11.9 Å². The van der Waals surface area contributed by atoms with Gasteiger partial charge in [0.25, 0.3) is 5.91 Å². The minimum Gasteiger partial charge on any atom is -0.495 e. The maximum Gasteiger partial charge on any atom is 0.253 e. The standard InChI is InChI=1S/C14H19BrN2O3/c1-8-5-9(15)6-12(19-2)13(8)17-14(18)11-4-3-10(7-16)20-11/h5-6,10-11H,3-4,7,16H2,1-2H3,(H,17,18). The molecule has 6 heteroatoms. The van der Waals surface area contributed by atoms with E-state index in [9.17, 15) is 4.79 Å². The zero-order valence-corrected chi connectivity index (χ0v) is 13.2. The molecule has 20 heavy (non-hydrogen) atoms. The van der Waals surface area contributed by atoms with Crippen molar-refractivity contribution in [1.29, 1.82) is 0 Å². The van der Waals surface area contributed by atoms with E-state index in [2.05, 4.69) is 21.2 Å². The Kier molecular flexibility index (Phi) is 5.01. The van der Waals surface area contributed by atoms with Crippen LogP contribution in [0.2, 0.25) is 0 Å². The van der Waals surface area contributed by atoms with Crippen LogP contribution in [-0.4, -0.2) is 31.8 Å². The quantitative estimate of drug-likeness (QED) is 0.879. The highest BCUT2D eigenvalue weighted by atomic mass is 79.9. The number of rotatable bonds is 4. The topological polar surface area (TPSA) is 73.6 Å². The summed E-state index contributed by atoms with van der Waals surface area (Å²) in [5, 5.41) is 2.89. The molecule has 0 saturated carbocycles. The molecule has 0 aliphatic carbocycles. The van der Waals surface area contributed by atoms with Crippen molar-refractivity contribution in [3.8, 4) is 5.75 Å². The molecule has 0 aromatic heterocycles. The molecule has 1 amide bonds. The first kappa shape index (κ1) is 15.3. The zero-order valence-electron chi connectivity index (χ0n) is 11.6. The summed E-state index contributed by atoms with van der Waals surface area (Å²) in [6.07, 6.45) is 1.08. The van der Waals surface area contributed by atoms with Crippen LogP contribution in [0.1, 0.15) is 18.4 Å². The summed E-state index contributed by atoms with van der Waals surface area (Å²) < 4.78 is 11.8. The van der Waals surface area contributed by atoms with Gasteiger partial charge >= 0.3 is 0 Å². The molecule has 1 fully saturated rings. The Balaban J connectivity index is 2.12. The molecule has 2 atom stereocenters. The molecule has 1 saturated heterocycles. The van der Waals surface area contributed by atoms with Crippen LogP contribution in [0.3, 0.4) is 0 Å². The third-order valence-electron chi connectivity index (χ3n) is 3.40. The molecule has 110 valence electrons. The van der Waals surface area contributed by atoms with Crippen LogP contribution < -0.4 is 15.8 Å². The number of aryl methyl sites for hydroxylation is 1. The predicted molar refractivity (Wildman–Crippen MR) is 81.0 cm³/mol. The van der Waals surface area contributed by atoms with E-state index in [0.717, 1.165) is 16.5 Å². The van der Waals surface area contributed by atoms with Gasteiger partial charge in [-0.15, -0.1) is 0 Å². The second kappa shape index (κ2) is 6.56. The van der Waals surface area contributed by atoms with Gasteiger partial charge in [-0.25, -0.2) is 0 Å². The molecule has 5 nitrogen and oxygen atoms in total. The van der Waals surface area contributed by atoms with Crippen LogP contribution in [0.15, 0.2) is 16.6 Å². The molecule has 0 radical (unpaired) electrons. The number of nitrogens with one attached hydrogen (secondary N) is 1. The smallest absolute Gasteiger partial charge is 0.253 e. The Morgan fingerprint density at radius 3 is 2.90 bits per heavy atom. The van der Waals surface area contributed by atoms with Crippen LogP contribution in [0.4, 0.5) is 5.69 Å². The first-order chi connectivity index (χ1) is 9.55. The monoisotopic (exact) mass is 342 g/mol. The van der Waals surface area contributed by atoms with E-state index < -0.39 is 6.10 Å². The molecule has 3 N–H and O–H groups in total. The van der Waals surface area contributed by atoms with Gasteiger partial charge in [-0.05, 0) is 37.5 Å². The summed E-state index contributed by atoms with van der Waals surface area (Å²) in [6.45, 7) is 2.37. The summed E-state index contributed by atoms with van der Waals surface area (Å²) in [5.41, 5.74) is 7.16. The summed E-state index contributed by atoms with van der Waals surface area (Å²) in [6, 6.07) is 3.75. The minimum atomic E-state index is -0.434. The van der Waals surface area contributed by atoms with Gasteiger partial charge in [0.15, 0.2) is 0 Å². The molecule has 2 unspecified atom stereocenters. The second-order valence-electron chi connectivity index (χ2n) is 4.85. The number of amides is 1. The number of carbonyl (C=O) groups excluding carboxylic acids is 1. The highest BCUT2D eigenvalue weighted by Gasteiger charge is 2.30. The lowest BCUT2D eigenvalue weighted by Crippen LogP contribution is -2.30. The maximum atomic E-state index is 12.2. The highest BCUT2D eigenvalue weighted by Crippen LogP contribution is 2.32. The van der Waals surface area contributed by atoms with Crippen molar-refractivity contribution in [1.82, 2.24) is 0 Å². The van der Waals surface area contributed by atoms with E-state index in [-0.39, 0.29) is 12.0 Å². The van der Waals surface area contributed by atoms with Gasteiger partial charge in [-0.2, -0.15) is 0 Å². The Morgan fingerprint density at radius 1 is 1.55 bits per heavy atom. The fraction of sp³-hybridized carbons (Fsp3) is 0.500. The average Bonchev–Trinajstić information content (AvgIpc) is 2.90. The van der Waals surface area contributed by atoms with E-state index >= 15 is 0 Å². The zero-order chi connectivity index (χ0) is 14.7. The number of nitrogens with two attached hydrogens (primary N) is 1. The van der Waals surface area contributed by atoms with E-state index in [1.54, 1.807) is 7.11 Å². The van der Waals surface area contributed by atoms with Crippen LogP contribution in [0.5, 0.6) is 5.75 Å². The highest BCUT2D eigenvalue weighted by molar-refractivity contribution is 9.10. The number of hydrogen-bond donors (Lipinski definition) is 2. The number of carbonyl (C=O) groups is 1. The van der Waals surface area contributed by atoms with Crippen LogP contribution in [-0.2, 0) is 9.53 Å². The van der Waals surface area contributed by atoms with E-state index in [0.29, 0.717) is 24.4 Å². The number of methoxy groups -OCH3 is 1. The fourth-order valence-electron chi connectivity index (χ4n) is 2.31. The Hall–Kier alpha value is -1.11. The molecular formula is C14H19BrN2O3. The number of ether oxygens (including phenoxy) is 2. The number of anilines is 1. The Bertz CT molecular complexity index is 507. The van der Waals surface area contributed by atoms with Crippen molar-refractivity contribution < 1.29 is 14.3 Å². The Labute approximate surface area is 126 Å². The van der Waals surface area contributed by atoms with Crippen LogP contribution in [0, 0.1) is 6.92 Å². The van der Waals surface area contributed by atoms with Gasteiger partial charge in [-0.3, -0.25) is 4.79 Å². The summed E-state index contributed by atoms with van der Waals surface area (Å²) >= 11 is 3.41. The first-order valence-electron chi connectivity index (χ1n) is 6.55. The van der Waals surface area contributed by atoms with Crippen LogP contribution >= 0.6 is 15.9 Å². The molecule has 1 aliphatic rings. The lowest BCUT2D eigenvalue weighted by molar-refractivity contribution is -0.126. The third kappa shape index (κ3) is 3.31. The lowest BCUT2D eigenvalue weighted by atomic mass is 10.1. The number of hydrogen-bond acceptors (Lipinski definition) is 4. The predicted octanol–water partition coefficient (Wildman–Crippen LogP) is 2.21. The second-order valence-corrected chi connectivity index (χ2v) is 5.76. The molecular weight excluding hydrogens is 324 g/mol. The van der Waals surface area contributed by atoms with Gasteiger partial charge in [0.2, 0.25) is 0 Å². The van der Waals surface area contributed by atoms with Gasteiger partial charge < -0.3 is 20.5 Å². The largest absolute Gasteiger partial charge is 0.495 e. The normalized spacial score (nSPS) is 21.8. The molecule has 1 aromatic carbocycles. The van der Waals surface area contributed by atoms with E-state index in [1.165, 1.54) is 0 Å². The van der Waals surface area contributed by atoms with Crippen molar-refractivity contribution in [3.05, 3.63) is 22.2 Å². The Morgan fingerprint density at radius 2 is 2.30 bits per heavy atom. The van der Waals surface area contributed by atoms with Crippen molar-refractivity contribution in [3.63, 3.8) is 0 Å². The van der Waals surface area contributed by atoms with Gasteiger partial charge in [0, 0.05) is 11.0 Å². The lowest BCUT2D eigenvalue weighted by Gasteiger charge is -2.16. The fourth-order valence-corrected chi connectivity index (χ4v) is 2.86. The first-order valence-corrected chi connectivity index (χ1v) is 7.35. The average molecular weight is 343 g/mol. The number of benzene rings is 1. The van der Waals surface area contributed by atoms with E-state index in [4.69, 9.17) is 15.2 Å². The summed E-state index contributed by atoms with van der Waals surface area (Å²) in [5.74, 6) is 0.475. The van der Waals surface area contributed by atoms with Gasteiger partial charge in [0.05, 0.1) is 18.9 Å². The maximum absolute atomic E-state index is 12.2. The molecule has 1 aromatic rings. The minimum absolute atomic E-state index is 0.0151. The third-order valence-corrected chi connectivity index (χ3v) is 3.85. The number of halogens is 1. The SMILES string of the molecule is COc1cc(Br)cc(C)c1NC(=O)C1CCC(CN)O1. The van der Waals surface area contributed by atoms with Gasteiger partial charge in [-0.1, -0.05) is 15.9 Å². The molecule has 1 heterocycles. The summed E-state index contributed by atoms with van der Waals surface area (Å²) in [7, 11) is 1.58.